The van der Waals surface area contributed by atoms with E-state index in [4.69, 9.17) is 9.84 Å². The lowest BCUT2D eigenvalue weighted by Crippen LogP contribution is -2.44. The molecule has 1 N–H and O–H groups in total. The van der Waals surface area contributed by atoms with Gasteiger partial charge in [0.05, 0.1) is 11.5 Å². The van der Waals surface area contributed by atoms with Crippen molar-refractivity contribution in [1.82, 2.24) is 4.90 Å². The maximum Gasteiger partial charge on any atom is 0.416 e. The highest BCUT2D eigenvalue weighted by molar-refractivity contribution is 5.95. The highest BCUT2D eigenvalue weighted by Gasteiger charge is 2.42. The molecule has 1 fully saturated rings. The number of hydrogen-bond acceptors (Lipinski definition) is 4. The minimum atomic E-state index is -1.19. The molecule has 18 heavy (non-hydrogen) atoms. The van der Waals surface area contributed by atoms with Gasteiger partial charge in [-0.05, 0) is 19.8 Å². The van der Waals surface area contributed by atoms with E-state index >= 15 is 0 Å². The summed E-state index contributed by atoms with van der Waals surface area (Å²) in [7, 11) is 0. The number of imide groups is 1. The van der Waals surface area contributed by atoms with Crippen molar-refractivity contribution in [2.24, 2.45) is 11.3 Å². The van der Waals surface area contributed by atoms with Crippen LogP contribution in [0, 0.1) is 11.3 Å². The third-order valence-electron chi connectivity index (χ3n) is 3.12. The Labute approximate surface area is 106 Å². The smallest absolute Gasteiger partial charge is 0.416 e. The first-order chi connectivity index (χ1) is 8.16. The minimum Gasteiger partial charge on any atom is -0.481 e. The topological polar surface area (TPSA) is 83.9 Å². The van der Waals surface area contributed by atoms with Crippen LogP contribution in [0.1, 0.15) is 34.1 Å². The third kappa shape index (κ3) is 2.80. The van der Waals surface area contributed by atoms with Crippen LogP contribution in [0.25, 0.3) is 0 Å². The van der Waals surface area contributed by atoms with E-state index in [0.717, 1.165) is 4.90 Å². The van der Waals surface area contributed by atoms with Crippen LogP contribution in [0.15, 0.2) is 0 Å². The first-order valence-corrected chi connectivity index (χ1v) is 5.89. The van der Waals surface area contributed by atoms with Gasteiger partial charge in [0, 0.05) is 6.42 Å². The van der Waals surface area contributed by atoms with E-state index in [1.807, 2.05) is 13.8 Å². The number of carbonyl (C=O) groups excluding carboxylic acids is 2. The van der Waals surface area contributed by atoms with Gasteiger partial charge in [0.1, 0.15) is 6.61 Å². The van der Waals surface area contributed by atoms with Crippen molar-refractivity contribution in [3.05, 3.63) is 0 Å². The van der Waals surface area contributed by atoms with Crippen molar-refractivity contribution in [2.45, 2.75) is 40.2 Å². The van der Waals surface area contributed by atoms with Crippen LogP contribution in [-0.4, -0.2) is 40.6 Å². The number of hydrogen-bond donors (Lipinski definition) is 1. The van der Waals surface area contributed by atoms with E-state index in [-0.39, 0.29) is 25.0 Å². The molecule has 102 valence electrons. The van der Waals surface area contributed by atoms with Crippen molar-refractivity contribution in [2.75, 3.05) is 6.61 Å². The number of carboxylic acids is 1. The molecular formula is C12H19NO5. The molecule has 0 aromatic carbocycles. The largest absolute Gasteiger partial charge is 0.481 e. The Morgan fingerprint density at radius 2 is 2.06 bits per heavy atom. The second-order valence-corrected chi connectivity index (χ2v) is 5.52. The molecule has 1 rings (SSSR count). The molecule has 0 aliphatic carbocycles. The number of carbonyl (C=O) groups is 3. The summed E-state index contributed by atoms with van der Waals surface area (Å²) in [5, 5.41) is 8.99. The quantitative estimate of drug-likeness (QED) is 0.824. The zero-order valence-corrected chi connectivity index (χ0v) is 11.1. The molecule has 1 aliphatic rings. The number of carboxylic acid groups (broad SMARTS) is 1. The molecule has 0 unspecified atom stereocenters. The average Bonchev–Trinajstić information content (AvgIpc) is 2.59. The zero-order chi connectivity index (χ0) is 14.1. The molecule has 6 nitrogen and oxygen atoms in total. The van der Waals surface area contributed by atoms with Crippen LogP contribution in [-0.2, 0) is 14.3 Å². The van der Waals surface area contributed by atoms with Gasteiger partial charge in [-0.3, -0.25) is 9.59 Å². The predicted molar refractivity (Wildman–Crippen MR) is 62.9 cm³/mol. The van der Waals surface area contributed by atoms with E-state index in [1.54, 1.807) is 0 Å². The van der Waals surface area contributed by atoms with Gasteiger partial charge in [0.2, 0.25) is 5.91 Å². The van der Waals surface area contributed by atoms with Crippen LogP contribution in [0.3, 0.4) is 0 Å². The summed E-state index contributed by atoms with van der Waals surface area (Å²) in [5.41, 5.74) is -1.19. The molecular weight excluding hydrogens is 238 g/mol. The molecule has 1 atom stereocenters. The highest BCUT2D eigenvalue weighted by Crippen LogP contribution is 2.26. The molecule has 6 heteroatoms. The molecule has 1 saturated heterocycles. The molecule has 2 amide bonds. The molecule has 0 radical (unpaired) electrons. The first kappa shape index (κ1) is 14.5. The van der Waals surface area contributed by atoms with Crippen LogP contribution >= 0.6 is 0 Å². The van der Waals surface area contributed by atoms with Gasteiger partial charge >= 0.3 is 12.1 Å². The Morgan fingerprint density at radius 1 is 1.50 bits per heavy atom. The highest BCUT2D eigenvalue weighted by atomic mass is 16.6. The van der Waals surface area contributed by atoms with Gasteiger partial charge < -0.3 is 9.84 Å². The molecule has 0 saturated carbocycles. The number of cyclic esters (lactones) is 1. The van der Waals surface area contributed by atoms with Crippen molar-refractivity contribution in [3.63, 3.8) is 0 Å². The normalized spacial score (nSPS) is 20.2. The number of rotatable bonds is 4. The van der Waals surface area contributed by atoms with Gasteiger partial charge in [0.25, 0.3) is 0 Å². The Bertz CT molecular complexity index is 375. The van der Waals surface area contributed by atoms with Crippen LogP contribution < -0.4 is 0 Å². The van der Waals surface area contributed by atoms with E-state index in [9.17, 15) is 14.4 Å². The molecule has 0 spiro atoms. The molecule has 0 bridgehead atoms. The van der Waals surface area contributed by atoms with Crippen LogP contribution in [0.2, 0.25) is 0 Å². The lowest BCUT2D eigenvalue weighted by atomic mass is 9.88. The summed E-state index contributed by atoms with van der Waals surface area (Å²) < 4.78 is 4.85. The second kappa shape index (κ2) is 4.96. The summed E-state index contributed by atoms with van der Waals surface area (Å²) in [4.78, 5) is 35.6. The van der Waals surface area contributed by atoms with Crippen molar-refractivity contribution < 1.29 is 24.2 Å². The fourth-order valence-corrected chi connectivity index (χ4v) is 1.75. The number of ether oxygens (including phenoxy) is 1. The number of amides is 2. The fraction of sp³-hybridized carbons (Fsp3) is 0.750. The molecule has 0 aromatic rings. The second-order valence-electron chi connectivity index (χ2n) is 5.52. The minimum absolute atomic E-state index is 0.0772. The van der Waals surface area contributed by atoms with Gasteiger partial charge in [-0.2, -0.15) is 0 Å². The van der Waals surface area contributed by atoms with Gasteiger partial charge in [-0.25, -0.2) is 9.69 Å². The first-order valence-electron chi connectivity index (χ1n) is 5.89. The van der Waals surface area contributed by atoms with E-state index in [2.05, 4.69) is 0 Å². The number of aliphatic carboxylic acids is 1. The summed E-state index contributed by atoms with van der Waals surface area (Å²) in [6.07, 6.45) is -0.902. The Kier molecular flexibility index (Phi) is 3.98. The van der Waals surface area contributed by atoms with Crippen molar-refractivity contribution in [1.29, 1.82) is 0 Å². The van der Waals surface area contributed by atoms with E-state index < -0.39 is 23.4 Å². The average molecular weight is 257 g/mol. The van der Waals surface area contributed by atoms with E-state index in [0.29, 0.717) is 0 Å². The Hall–Kier alpha value is -1.59. The van der Waals surface area contributed by atoms with Gasteiger partial charge in [-0.15, -0.1) is 0 Å². The van der Waals surface area contributed by atoms with Crippen molar-refractivity contribution >= 4 is 18.0 Å². The lowest BCUT2D eigenvalue weighted by molar-refractivity contribution is -0.151. The molecule has 0 aromatic heterocycles. The van der Waals surface area contributed by atoms with Crippen LogP contribution in [0.5, 0.6) is 0 Å². The van der Waals surface area contributed by atoms with E-state index in [1.165, 1.54) is 13.8 Å². The monoisotopic (exact) mass is 257 g/mol. The number of nitrogens with zero attached hydrogens (tertiary/aromatic N) is 1. The summed E-state index contributed by atoms with van der Waals surface area (Å²) in [6.45, 7) is 6.86. The standard InChI is InChI=1S/C12H19NO5/c1-7(2)8-6-18-11(17)13(8)9(14)5-12(3,4)10(15)16/h7-8H,5-6H2,1-4H3,(H,15,16)/t8-/m1/s1. The maximum absolute atomic E-state index is 12.1. The summed E-state index contributed by atoms with van der Waals surface area (Å²) in [6, 6.07) is -0.311. The maximum atomic E-state index is 12.1. The summed E-state index contributed by atoms with van der Waals surface area (Å²) >= 11 is 0. The fourth-order valence-electron chi connectivity index (χ4n) is 1.75. The predicted octanol–water partition coefficient (Wildman–Crippen LogP) is 1.49. The zero-order valence-electron chi connectivity index (χ0n) is 11.1. The SMILES string of the molecule is CC(C)[C@H]1COC(=O)N1C(=O)CC(C)(C)C(=O)O. The Balaban J connectivity index is 2.82. The molecule has 1 heterocycles. The van der Waals surface area contributed by atoms with Crippen LogP contribution in [0.4, 0.5) is 4.79 Å². The lowest BCUT2D eigenvalue weighted by Gasteiger charge is -2.26. The summed E-state index contributed by atoms with van der Waals surface area (Å²) in [5.74, 6) is -1.48. The van der Waals surface area contributed by atoms with Crippen molar-refractivity contribution in [3.8, 4) is 0 Å². The van der Waals surface area contributed by atoms with Gasteiger partial charge in [0.15, 0.2) is 0 Å². The Morgan fingerprint density at radius 3 is 2.50 bits per heavy atom. The molecule has 1 aliphatic heterocycles. The van der Waals surface area contributed by atoms with Gasteiger partial charge in [-0.1, -0.05) is 13.8 Å². The third-order valence-corrected chi connectivity index (χ3v) is 3.12.